The zero-order valence-electron chi connectivity index (χ0n) is 13.5. The van der Waals surface area contributed by atoms with Crippen LogP contribution in [0, 0.1) is 0 Å². The Labute approximate surface area is 134 Å². The molecule has 0 radical (unpaired) electrons. The quantitative estimate of drug-likeness (QED) is 0.915. The number of likely N-dealkylation sites (tertiary alicyclic amines) is 1. The van der Waals surface area contributed by atoms with Gasteiger partial charge in [0, 0.05) is 6.04 Å². The Balaban J connectivity index is 1.58. The van der Waals surface area contributed by atoms with Crippen molar-refractivity contribution in [3.63, 3.8) is 0 Å². The van der Waals surface area contributed by atoms with Crippen molar-refractivity contribution in [2.45, 2.75) is 50.7 Å². The first-order valence-corrected chi connectivity index (χ1v) is 8.56. The van der Waals surface area contributed by atoms with Gasteiger partial charge < -0.3 is 5.11 Å². The molecule has 1 aromatic carbocycles. The molecule has 118 valence electrons. The van der Waals surface area contributed by atoms with Gasteiger partial charge in [-0.2, -0.15) is 0 Å². The molecule has 2 nitrogen and oxygen atoms in total. The molecule has 1 aromatic rings. The van der Waals surface area contributed by atoms with Crippen molar-refractivity contribution in [3.05, 3.63) is 59.7 Å². The first kappa shape index (κ1) is 15.5. The Kier molecular flexibility index (Phi) is 5.12. The number of benzene rings is 1. The van der Waals surface area contributed by atoms with E-state index >= 15 is 0 Å². The van der Waals surface area contributed by atoms with Crippen LogP contribution in [0.15, 0.2) is 54.1 Å². The van der Waals surface area contributed by atoms with Crippen LogP contribution in [0.2, 0.25) is 0 Å². The molecule has 1 aliphatic carbocycles. The van der Waals surface area contributed by atoms with Gasteiger partial charge in [-0.1, -0.05) is 48.6 Å². The van der Waals surface area contributed by atoms with Crippen molar-refractivity contribution in [1.82, 2.24) is 4.90 Å². The Bertz CT molecular complexity index is 526. The highest BCUT2D eigenvalue weighted by atomic mass is 16.3. The average molecular weight is 297 g/mol. The van der Waals surface area contributed by atoms with Gasteiger partial charge in [-0.3, -0.25) is 4.90 Å². The number of hydrogen-bond acceptors (Lipinski definition) is 2. The van der Waals surface area contributed by atoms with Crippen LogP contribution in [0.1, 0.15) is 44.1 Å². The highest BCUT2D eigenvalue weighted by Crippen LogP contribution is 2.32. The summed E-state index contributed by atoms with van der Waals surface area (Å²) >= 11 is 0. The van der Waals surface area contributed by atoms with Gasteiger partial charge in [0.15, 0.2) is 0 Å². The second-order valence-corrected chi connectivity index (χ2v) is 6.57. The fourth-order valence-corrected chi connectivity index (χ4v) is 3.92. The predicted molar refractivity (Wildman–Crippen MR) is 91.9 cm³/mol. The number of aliphatic hydroxyl groups excluding tert-OH is 1. The van der Waals surface area contributed by atoms with E-state index in [1.807, 2.05) is 6.92 Å². The molecule has 2 heteroatoms. The van der Waals surface area contributed by atoms with Crippen LogP contribution >= 0.6 is 0 Å². The predicted octanol–water partition coefficient (Wildman–Crippen LogP) is 3.89. The molecular weight excluding hydrogens is 270 g/mol. The molecule has 0 spiro atoms. The Morgan fingerprint density at radius 2 is 1.86 bits per heavy atom. The van der Waals surface area contributed by atoms with E-state index in [9.17, 15) is 5.11 Å². The summed E-state index contributed by atoms with van der Waals surface area (Å²) in [5.41, 5.74) is 2.76. The summed E-state index contributed by atoms with van der Waals surface area (Å²) in [7, 11) is 0. The van der Waals surface area contributed by atoms with Gasteiger partial charge in [-0.05, 0) is 62.8 Å². The maximum absolute atomic E-state index is 10.5. The van der Waals surface area contributed by atoms with Crippen LogP contribution in [0.25, 0.3) is 0 Å². The number of aliphatic hydroxyl groups is 1. The molecule has 1 saturated heterocycles. The van der Waals surface area contributed by atoms with Crippen molar-refractivity contribution < 1.29 is 5.11 Å². The molecule has 1 aliphatic heterocycles. The molecule has 0 bridgehead atoms. The molecule has 2 aliphatic rings. The maximum atomic E-state index is 10.5. The third-order valence-electron chi connectivity index (χ3n) is 5.16. The lowest BCUT2D eigenvalue weighted by Crippen LogP contribution is -2.48. The largest absolute Gasteiger partial charge is 0.391 e. The molecule has 1 fully saturated rings. The number of allylic oxidation sites excluding steroid dienone is 2. The summed E-state index contributed by atoms with van der Waals surface area (Å²) in [6.07, 6.45) is 10.5. The van der Waals surface area contributed by atoms with Crippen LogP contribution in [-0.2, 0) is 0 Å². The molecule has 0 saturated carbocycles. The summed E-state index contributed by atoms with van der Waals surface area (Å²) in [4.78, 5) is 2.51. The highest BCUT2D eigenvalue weighted by Gasteiger charge is 2.31. The van der Waals surface area contributed by atoms with Crippen molar-refractivity contribution in [2.75, 3.05) is 13.1 Å². The van der Waals surface area contributed by atoms with E-state index in [4.69, 9.17) is 0 Å². The first-order chi connectivity index (χ1) is 10.8. The molecule has 1 heterocycles. The summed E-state index contributed by atoms with van der Waals surface area (Å²) in [6, 6.07) is 11.2. The minimum Gasteiger partial charge on any atom is -0.391 e. The minimum absolute atomic E-state index is 0.218. The van der Waals surface area contributed by atoms with E-state index in [1.54, 1.807) is 0 Å². The van der Waals surface area contributed by atoms with Crippen molar-refractivity contribution >= 4 is 0 Å². The van der Waals surface area contributed by atoms with Crippen molar-refractivity contribution in [3.8, 4) is 0 Å². The van der Waals surface area contributed by atoms with E-state index in [-0.39, 0.29) is 6.10 Å². The van der Waals surface area contributed by atoms with E-state index in [1.165, 1.54) is 24.0 Å². The summed E-state index contributed by atoms with van der Waals surface area (Å²) in [6.45, 7) is 4.25. The fourth-order valence-electron chi connectivity index (χ4n) is 3.92. The molecule has 22 heavy (non-hydrogen) atoms. The molecule has 3 rings (SSSR count). The second kappa shape index (κ2) is 7.26. The maximum Gasteiger partial charge on any atom is 0.0738 e. The van der Waals surface area contributed by atoms with Crippen LogP contribution in [-0.4, -0.2) is 35.2 Å². The van der Waals surface area contributed by atoms with Gasteiger partial charge in [-0.25, -0.2) is 0 Å². The highest BCUT2D eigenvalue weighted by molar-refractivity contribution is 5.23. The minimum atomic E-state index is -0.218. The SMILES string of the molecule is C/C=C\C1=CC[C@@H](N2CCC(c3ccccc3)CC2)[C@H](O)C1. The van der Waals surface area contributed by atoms with Crippen LogP contribution in [0.4, 0.5) is 0 Å². The normalized spacial score (nSPS) is 28.0. The van der Waals surface area contributed by atoms with Gasteiger partial charge in [0.1, 0.15) is 0 Å². The molecule has 0 amide bonds. The smallest absolute Gasteiger partial charge is 0.0738 e. The van der Waals surface area contributed by atoms with E-state index in [2.05, 4.69) is 53.5 Å². The number of piperidine rings is 1. The number of rotatable bonds is 3. The molecule has 0 unspecified atom stereocenters. The zero-order chi connectivity index (χ0) is 15.4. The topological polar surface area (TPSA) is 23.5 Å². The summed E-state index contributed by atoms with van der Waals surface area (Å²) in [5.74, 6) is 0.687. The van der Waals surface area contributed by atoms with Gasteiger partial charge >= 0.3 is 0 Å². The van der Waals surface area contributed by atoms with Gasteiger partial charge in [0.25, 0.3) is 0 Å². The first-order valence-electron chi connectivity index (χ1n) is 8.56. The zero-order valence-corrected chi connectivity index (χ0v) is 13.5. The van der Waals surface area contributed by atoms with Crippen LogP contribution in [0.5, 0.6) is 0 Å². The van der Waals surface area contributed by atoms with Crippen molar-refractivity contribution in [1.29, 1.82) is 0 Å². The van der Waals surface area contributed by atoms with E-state index < -0.39 is 0 Å². The lowest BCUT2D eigenvalue weighted by atomic mass is 9.86. The lowest BCUT2D eigenvalue weighted by Gasteiger charge is -2.41. The van der Waals surface area contributed by atoms with Gasteiger partial charge in [0.2, 0.25) is 0 Å². The molecule has 1 N–H and O–H groups in total. The van der Waals surface area contributed by atoms with E-state index in [0.717, 1.165) is 25.9 Å². The Morgan fingerprint density at radius 3 is 2.50 bits per heavy atom. The summed E-state index contributed by atoms with van der Waals surface area (Å²) < 4.78 is 0. The lowest BCUT2D eigenvalue weighted by molar-refractivity contribution is 0.0325. The number of nitrogens with zero attached hydrogens (tertiary/aromatic N) is 1. The second-order valence-electron chi connectivity index (χ2n) is 6.57. The van der Waals surface area contributed by atoms with Crippen LogP contribution in [0.3, 0.4) is 0 Å². The molecular formula is C20H27NO. The van der Waals surface area contributed by atoms with Crippen LogP contribution < -0.4 is 0 Å². The third kappa shape index (κ3) is 3.50. The number of hydrogen-bond donors (Lipinski definition) is 1. The Morgan fingerprint density at radius 1 is 1.14 bits per heavy atom. The third-order valence-corrected chi connectivity index (χ3v) is 5.16. The average Bonchev–Trinajstić information content (AvgIpc) is 2.56. The monoisotopic (exact) mass is 297 g/mol. The van der Waals surface area contributed by atoms with E-state index in [0.29, 0.717) is 12.0 Å². The van der Waals surface area contributed by atoms with Gasteiger partial charge in [-0.15, -0.1) is 0 Å². The molecule has 0 aromatic heterocycles. The fraction of sp³-hybridized carbons (Fsp3) is 0.500. The standard InChI is InChI=1S/C20H27NO/c1-2-6-16-9-10-19(20(22)15-16)21-13-11-18(12-14-21)17-7-4-3-5-8-17/h2-9,18-20,22H,10-15H2,1H3/b6-2-/t19-,20-/m1/s1. The van der Waals surface area contributed by atoms with Crippen molar-refractivity contribution in [2.24, 2.45) is 0 Å². The van der Waals surface area contributed by atoms with Gasteiger partial charge in [0.05, 0.1) is 6.10 Å². The Hall–Kier alpha value is -1.38. The summed E-state index contributed by atoms with van der Waals surface area (Å²) in [5, 5.41) is 10.5. The molecule has 2 atom stereocenters.